The van der Waals surface area contributed by atoms with Gasteiger partial charge in [-0.2, -0.15) is 4.68 Å². The summed E-state index contributed by atoms with van der Waals surface area (Å²) in [6.45, 7) is 0.321. The first kappa shape index (κ1) is 12.0. The molecule has 17 heavy (non-hydrogen) atoms. The van der Waals surface area contributed by atoms with Crippen LogP contribution in [0, 0.1) is 10.1 Å². The number of hydrogen-bond donors (Lipinski definition) is 0. The summed E-state index contributed by atoms with van der Waals surface area (Å²) >= 11 is 9.09. The molecule has 0 unspecified atom stereocenters. The minimum Gasteiger partial charge on any atom is -0.390 e. The molecule has 0 aliphatic carbocycles. The minimum absolute atomic E-state index is 0.295. The van der Waals surface area contributed by atoms with Crippen molar-refractivity contribution >= 4 is 33.5 Å². The number of nitro groups is 1. The van der Waals surface area contributed by atoms with Gasteiger partial charge in [-0.1, -0.05) is 29.8 Å². The monoisotopic (exact) mass is 316 g/mol. The van der Waals surface area contributed by atoms with Crippen molar-refractivity contribution in [3.8, 4) is 0 Å². The van der Waals surface area contributed by atoms with Crippen LogP contribution in [-0.2, 0) is 6.54 Å². The highest BCUT2D eigenvalue weighted by molar-refractivity contribution is 9.10. The third-order valence-corrected chi connectivity index (χ3v) is 3.01. The van der Waals surface area contributed by atoms with Crippen molar-refractivity contribution in [2.45, 2.75) is 6.54 Å². The van der Waals surface area contributed by atoms with E-state index in [1.165, 1.54) is 4.68 Å². The Kier molecular flexibility index (Phi) is 3.39. The highest BCUT2D eigenvalue weighted by Gasteiger charge is 2.19. The van der Waals surface area contributed by atoms with Crippen molar-refractivity contribution in [2.24, 2.45) is 0 Å². The van der Waals surface area contributed by atoms with Gasteiger partial charge in [-0.25, -0.2) is 0 Å². The van der Waals surface area contributed by atoms with Gasteiger partial charge in [0.1, 0.15) is 0 Å². The summed E-state index contributed by atoms with van der Waals surface area (Å²) in [5.41, 5.74) is 0.815. The minimum atomic E-state index is -0.645. The van der Waals surface area contributed by atoms with E-state index in [4.69, 9.17) is 11.6 Å². The average Bonchev–Trinajstić information content (AvgIpc) is 2.64. The highest BCUT2D eigenvalue weighted by atomic mass is 79.9. The Hall–Kier alpha value is -1.47. The molecule has 0 aliphatic heterocycles. The van der Waals surface area contributed by atoms with Crippen LogP contribution in [0.1, 0.15) is 5.56 Å². The van der Waals surface area contributed by atoms with Gasteiger partial charge in [0, 0.05) is 26.1 Å². The van der Waals surface area contributed by atoms with Crippen LogP contribution in [0.15, 0.2) is 29.0 Å². The zero-order valence-corrected chi connectivity index (χ0v) is 10.7. The SMILES string of the molecule is O=[N+]([O-])c1nc(Br)n(Cc2ccccc2Cl)n1. The molecule has 0 aliphatic rings. The highest BCUT2D eigenvalue weighted by Crippen LogP contribution is 2.19. The molecule has 0 radical (unpaired) electrons. The van der Waals surface area contributed by atoms with E-state index in [1.54, 1.807) is 6.07 Å². The van der Waals surface area contributed by atoms with Crippen LogP contribution in [0.25, 0.3) is 0 Å². The molecule has 88 valence electrons. The van der Waals surface area contributed by atoms with Gasteiger partial charge in [-0.3, -0.25) is 0 Å². The molecule has 0 amide bonds. The standard InChI is InChI=1S/C9H6BrClN4O2/c10-8-12-9(15(16)17)13-14(8)5-6-3-1-2-4-7(6)11/h1-4H,5H2. The molecule has 8 heteroatoms. The van der Waals surface area contributed by atoms with E-state index in [1.807, 2.05) is 18.2 Å². The second-order valence-corrected chi connectivity index (χ2v) is 4.30. The van der Waals surface area contributed by atoms with E-state index >= 15 is 0 Å². The zero-order chi connectivity index (χ0) is 12.4. The molecule has 0 bridgehead atoms. The molecule has 2 rings (SSSR count). The molecule has 2 aromatic rings. The second kappa shape index (κ2) is 4.80. The molecule has 0 saturated carbocycles. The molecule has 0 fully saturated rings. The molecule has 0 N–H and O–H groups in total. The summed E-state index contributed by atoms with van der Waals surface area (Å²) in [6, 6.07) is 7.21. The van der Waals surface area contributed by atoms with E-state index in [0.29, 0.717) is 16.3 Å². The summed E-state index contributed by atoms with van der Waals surface area (Å²) in [6.07, 6.45) is 0. The predicted octanol–water partition coefficient (Wildman–Crippen LogP) is 2.65. The fourth-order valence-corrected chi connectivity index (χ4v) is 1.84. The van der Waals surface area contributed by atoms with Gasteiger partial charge < -0.3 is 10.1 Å². The van der Waals surface area contributed by atoms with Crippen LogP contribution in [-0.4, -0.2) is 19.7 Å². The van der Waals surface area contributed by atoms with E-state index in [9.17, 15) is 10.1 Å². The Labute approximate surface area is 110 Å². The Balaban J connectivity index is 2.30. The lowest BCUT2D eigenvalue weighted by molar-refractivity contribution is -0.394. The van der Waals surface area contributed by atoms with Crippen molar-refractivity contribution in [1.29, 1.82) is 0 Å². The number of aromatic nitrogens is 3. The lowest BCUT2D eigenvalue weighted by atomic mass is 10.2. The van der Waals surface area contributed by atoms with Gasteiger partial charge in [0.15, 0.2) is 0 Å². The second-order valence-electron chi connectivity index (χ2n) is 3.19. The van der Waals surface area contributed by atoms with Crippen LogP contribution >= 0.6 is 27.5 Å². The third kappa shape index (κ3) is 2.62. The first-order valence-corrected chi connectivity index (χ1v) is 5.73. The Bertz CT molecular complexity index is 572. The fourth-order valence-electron chi connectivity index (χ4n) is 1.28. The fraction of sp³-hybridized carbons (Fsp3) is 0.111. The van der Waals surface area contributed by atoms with Crippen LogP contribution in [0.2, 0.25) is 5.02 Å². The quantitative estimate of drug-likeness (QED) is 0.644. The van der Waals surface area contributed by atoms with Gasteiger partial charge in [-0.15, -0.1) is 0 Å². The molecular weight excluding hydrogens is 311 g/mol. The zero-order valence-electron chi connectivity index (χ0n) is 8.38. The van der Waals surface area contributed by atoms with E-state index in [0.717, 1.165) is 5.56 Å². The average molecular weight is 318 g/mol. The summed E-state index contributed by atoms with van der Waals surface area (Å²) in [5.74, 6) is -0.441. The van der Waals surface area contributed by atoms with Crippen molar-refractivity contribution in [1.82, 2.24) is 14.8 Å². The van der Waals surface area contributed by atoms with Gasteiger partial charge in [-0.05, 0) is 21.5 Å². The molecular formula is C9H6BrClN4O2. The predicted molar refractivity (Wildman–Crippen MR) is 64.9 cm³/mol. The molecule has 1 aromatic heterocycles. The summed E-state index contributed by atoms with van der Waals surface area (Å²) in [5, 5.41) is 14.8. The smallest absolute Gasteiger partial charge is 0.390 e. The number of hydrogen-bond acceptors (Lipinski definition) is 4. The maximum atomic E-state index is 10.5. The van der Waals surface area contributed by atoms with Crippen LogP contribution in [0.5, 0.6) is 0 Å². The molecule has 1 heterocycles. The van der Waals surface area contributed by atoms with E-state index in [2.05, 4.69) is 26.0 Å². The first-order valence-electron chi connectivity index (χ1n) is 4.56. The van der Waals surface area contributed by atoms with Crippen molar-refractivity contribution in [2.75, 3.05) is 0 Å². The maximum Gasteiger partial charge on any atom is 0.492 e. The van der Waals surface area contributed by atoms with Crippen LogP contribution in [0.4, 0.5) is 5.95 Å². The van der Waals surface area contributed by atoms with Gasteiger partial charge in [0.25, 0.3) is 4.73 Å². The lowest BCUT2D eigenvalue weighted by Crippen LogP contribution is -2.03. The molecule has 1 aromatic carbocycles. The largest absolute Gasteiger partial charge is 0.492 e. The Morgan fingerprint density at radius 3 is 2.76 bits per heavy atom. The third-order valence-electron chi connectivity index (χ3n) is 2.06. The van der Waals surface area contributed by atoms with Crippen LogP contribution in [0.3, 0.4) is 0 Å². The first-order chi connectivity index (χ1) is 8.08. The van der Waals surface area contributed by atoms with E-state index < -0.39 is 10.9 Å². The molecule has 0 saturated heterocycles. The number of nitrogens with zero attached hydrogens (tertiary/aromatic N) is 4. The van der Waals surface area contributed by atoms with Gasteiger partial charge >= 0.3 is 5.95 Å². The van der Waals surface area contributed by atoms with Gasteiger partial charge in [0.2, 0.25) is 0 Å². The summed E-state index contributed by atoms with van der Waals surface area (Å²) in [4.78, 5) is 13.5. The maximum absolute atomic E-state index is 10.5. The lowest BCUT2D eigenvalue weighted by Gasteiger charge is -2.01. The Morgan fingerprint density at radius 2 is 2.18 bits per heavy atom. The summed E-state index contributed by atoms with van der Waals surface area (Å²) < 4.78 is 1.67. The molecule has 0 atom stereocenters. The van der Waals surface area contributed by atoms with Crippen LogP contribution < -0.4 is 0 Å². The number of rotatable bonds is 3. The number of halogens is 2. The Morgan fingerprint density at radius 1 is 1.47 bits per heavy atom. The van der Waals surface area contributed by atoms with Crippen molar-refractivity contribution < 1.29 is 4.92 Å². The molecule has 0 spiro atoms. The summed E-state index contributed by atoms with van der Waals surface area (Å²) in [7, 11) is 0. The number of benzene rings is 1. The normalized spacial score (nSPS) is 10.5. The van der Waals surface area contributed by atoms with E-state index in [-0.39, 0.29) is 0 Å². The van der Waals surface area contributed by atoms with Crippen molar-refractivity contribution in [3.05, 3.63) is 49.7 Å². The topological polar surface area (TPSA) is 73.8 Å². The van der Waals surface area contributed by atoms with Crippen molar-refractivity contribution in [3.63, 3.8) is 0 Å². The van der Waals surface area contributed by atoms with Gasteiger partial charge in [0.05, 0.1) is 6.54 Å². The molecule has 6 nitrogen and oxygen atoms in total.